The maximum Gasteiger partial charge on any atom is 2.00 e. The van der Waals surface area contributed by atoms with Crippen LogP contribution in [0.5, 0.6) is 0 Å². The minimum atomic E-state index is -5.52. The van der Waals surface area contributed by atoms with Gasteiger partial charge >= 0.3 is 48.3 Å². The van der Waals surface area contributed by atoms with Gasteiger partial charge < -0.3 is 0 Å². The van der Waals surface area contributed by atoms with Gasteiger partial charge in [-0.3, -0.25) is 8.37 Å². The van der Waals surface area contributed by atoms with Crippen LogP contribution in [0.3, 0.4) is 0 Å². The monoisotopic (exact) mass is 482 g/mol. The number of rotatable bonds is 4. The Hall–Kier alpha value is -0.0805. The average molecular weight is 482 g/mol. The van der Waals surface area contributed by atoms with Gasteiger partial charge in [0.15, 0.2) is 0 Å². The molecule has 2 aliphatic carbocycles. The molecule has 2 saturated carbocycles. The van der Waals surface area contributed by atoms with Crippen molar-refractivity contribution in [2.24, 2.45) is 0 Å². The summed E-state index contributed by atoms with van der Waals surface area (Å²) in [4.78, 5) is 0. The summed E-state index contributed by atoms with van der Waals surface area (Å²) in [7, 11) is -11.0. The van der Waals surface area contributed by atoms with Crippen LogP contribution in [0.15, 0.2) is 0 Å². The number of alkyl halides is 6. The Labute approximate surface area is 163 Å². The zero-order valence-electron chi connectivity index (χ0n) is 12.5. The van der Waals surface area contributed by atoms with E-state index in [9.17, 15) is 43.2 Å². The SMILES string of the molecule is O=S(=O)(O[C]1[CH][CH][CH][CH]1)C(F)(F)F.O=S(=O)(O[C]1[CH][CH][CH][CH]1)C(F)(F)F.[Fe+2]. The van der Waals surface area contributed by atoms with E-state index in [4.69, 9.17) is 0 Å². The second-order valence-electron chi connectivity index (χ2n) is 4.21. The second kappa shape index (κ2) is 10.1. The van der Waals surface area contributed by atoms with E-state index in [0.29, 0.717) is 0 Å². The summed E-state index contributed by atoms with van der Waals surface area (Å²) in [5, 5.41) is 0. The van der Waals surface area contributed by atoms with Crippen molar-refractivity contribution in [1.82, 2.24) is 0 Å². The Morgan fingerprint density at radius 3 is 1.00 bits per heavy atom. The van der Waals surface area contributed by atoms with Crippen molar-refractivity contribution >= 4 is 20.2 Å². The molecule has 2 aliphatic rings. The summed E-state index contributed by atoms with van der Waals surface area (Å²) in [5.41, 5.74) is -10.8. The quantitative estimate of drug-likeness (QED) is 0.265. The summed E-state index contributed by atoms with van der Waals surface area (Å²) in [6.07, 6.45) is 9.21. The van der Waals surface area contributed by atoms with Crippen LogP contribution in [0.4, 0.5) is 26.3 Å². The summed E-state index contributed by atoms with van der Waals surface area (Å²) in [6, 6.07) is 0. The van der Waals surface area contributed by atoms with E-state index in [2.05, 4.69) is 8.37 Å². The van der Waals surface area contributed by atoms with Gasteiger partial charge in [-0.05, 0) is 25.7 Å². The molecule has 27 heavy (non-hydrogen) atoms. The summed E-state index contributed by atoms with van der Waals surface area (Å²) < 4.78 is 119. The maximum absolute atomic E-state index is 11.7. The van der Waals surface area contributed by atoms with Gasteiger partial charge in [-0.15, -0.1) is 0 Å². The van der Waals surface area contributed by atoms with E-state index in [1.165, 1.54) is 25.7 Å². The molecule has 0 spiro atoms. The Morgan fingerprint density at radius 2 is 0.815 bits per heavy atom. The summed E-state index contributed by atoms with van der Waals surface area (Å²) >= 11 is 0. The molecule has 0 amide bonds. The molecule has 0 aromatic rings. The van der Waals surface area contributed by atoms with Crippen LogP contribution in [0, 0.1) is 63.6 Å². The standard InChI is InChI=1S/2C6H4F3O3S.Fe/c2*7-6(8,9)13(10,11)12-5-3-1-2-4-5;/h2*1-4H;/q;;+2. The average Bonchev–Trinajstić information content (AvgIpc) is 3.09. The molecule has 0 heterocycles. The van der Waals surface area contributed by atoms with Gasteiger partial charge in [0.25, 0.3) is 0 Å². The fourth-order valence-corrected chi connectivity index (χ4v) is 2.09. The van der Waals surface area contributed by atoms with E-state index < -0.39 is 31.3 Å². The first-order chi connectivity index (χ1) is 11.7. The predicted octanol–water partition coefficient (Wildman–Crippen LogP) is 2.43. The fraction of sp³-hybridized carbons (Fsp3) is 0.167. The van der Waals surface area contributed by atoms with Crippen LogP contribution >= 0.6 is 0 Å². The third kappa shape index (κ3) is 8.44. The largest absolute Gasteiger partial charge is 2.00 e. The minimum Gasteiger partial charge on any atom is -0.253 e. The maximum atomic E-state index is 11.7. The van der Waals surface area contributed by atoms with E-state index in [1.807, 2.05) is 0 Å². The molecule has 0 N–H and O–H groups in total. The molecule has 0 aromatic heterocycles. The topological polar surface area (TPSA) is 86.7 Å². The molecule has 152 valence electrons. The number of hydrogen-bond donors (Lipinski definition) is 0. The Balaban J connectivity index is 0.000000483. The van der Waals surface area contributed by atoms with Crippen molar-refractivity contribution in [2.45, 2.75) is 11.0 Å². The molecule has 6 nitrogen and oxygen atoms in total. The smallest absolute Gasteiger partial charge is 0.253 e. The second-order valence-corrected chi connectivity index (χ2v) is 7.28. The van der Waals surface area contributed by atoms with E-state index >= 15 is 0 Å². The molecule has 15 heteroatoms. The Kier molecular flexibility index (Phi) is 10.1. The Morgan fingerprint density at radius 1 is 0.593 bits per heavy atom. The molecule has 0 aromatic carbocycles. The molecule has 0 bridgehead atoms. The van der Waals surface area contributed by atoms with Crippen LogP contribution in [-0.2, 0) is 45.7 Å². The van der Waals surface area contributed by atoms with Gasteiger partial charge in [-0.1, -0.05) is 0 Å². The van der Waals surface area contributed by atoms with Crippen molar-refractivity contribution in [2.75, 3.05) is 0 Å². The van der Waals surface area contributed by atoms with Crippen LogP contribution < -0.4 is 0 Å². The number of halogens is 6. The van der Waals surface area contributed by atoms with E-state index in [0.717, 1.165) is 25.7 Å². The van der Waals surface area contributed by atoms with Crippen molar-refractivity contribution in [1.29, 1.82) is 0 Å². The van der Waals surface area contributed by atoms with Crippen LogP contribution in [-0.4, -0.2) is 27.9 Å². The van der Waals surface area contributed by atoms with E-state index in [-0.39, 0.29) is 29.3 Å². The van der Waals surface area contributed by atoms with Crippen LogP contribution in [0.1, 0.15) is 0 Å². The molecule has 2 rings (SSSR count). The van der Waals surface area contributed by atoms with Gasteiger partial charge in [0.2, 0.25) is 0 Å². The molecule has 0 saturated heterocycles. The predicted molar refractivity (Wildman–Crippen MR) is 73.0 cm³/mol. The molecular weight excluding hydrogens is 474 g/mol. The van der Waals surface area contributed by atoms with Crippen molar-refractivity contribution in [3.8, 4) is 0 Å². The van der Waals surface area contributed by atoms with Crippen LogP contribution in [0.2, 0.25) is 0 Å². The van der Waals surface area contributed by atoms with Gasteiger partial charge in [-0.2, -0.15) is 43.2 Å². The van der Waals surface area contributed by atoms with Gasteiger partial charge in [-0.25, -0.2) is 0 Å². The zero-order chi connectivity index (χ0) is 20.2. The third-order valence-corrected chi connectivity index (χ3v) is 4.20. The molecule has 0 atom stereocenters. The third-order valence-electron chi connectivity index (χ3n) is 2.24. The molecular formula is C12H8F6FeO6S2+2. The van der Waals surface area contributed by atoms with Gasteiger partial charge in [0.1, 0.15) is 12.2 Å². The van der Waals surface area contributed by atoms with Crippen molar-refractivity contribution < 1.29 is 68.6 Å². The number of hydrogen-bond acceptors (Lipinski definition) is 6. The van der Waals surface area contributed by atoms with Crippen molar-refractivity contribution in [3.05, 3.63) is 63.6 Å². The minimum absolute atomic E-state index is 0. The van der Waals surface area contributed by atoms with Crippen LogP contribution in [0.25, 0.3) is 0 Å². The molecule has 10 radical (unpaired) electrons. The first-order valence-corrected chi connectivity index (χ1v) is 8.92. The molecule has 2 fully saturated rings. The molecule has 0 unspecified atom stereocenters. The zero-order valence-corrected chi connectivity index (χ0v) is 15.2. The molecule has 0 aliphatic heterocycles. The first-order valence-electron chi connectivity index (χ1n) is 6.11. The first kappa shape index (κ1) is 26.9. The summed E-state index contributed by atoms with van der Waals surface area (Å²) in [6.45, 7) is 0. The van der Waals surface area contributed by atoms with Crippen molar-refractivity contribution in [3.63, 3.8) is 0 Å². The fourth-order valence-electron chi connectivity index (χ4n) is 1.17. The van der Waals surface area contributed by atoms with Gasteiger partial charge in [0, 0.05) is 25.7 Å². The normalized spacial score (nSPS) is 20.1. The Bertz CT molecular complexity index is 591. The summed E-state index contributed by atoms with van der Waals surface area (Å²) in [5.74, 6) is 0. The van der Waals surface area contributed by atoms with E-state index in [1.54, 1.807) is 0 Å². The van der Waals surface area contributed by atoms with Gasteiger partial charge in [0.05, 0.1) is 0 Å².